The Morgan fingerprint density at radius 2 is 2.25 bits per heavy atom. The highest BCUT2D eigenvalue weighted by Crippen LogP contribution is 2.34. The summed E-state index contributed by atoms with van der Waals surface area (Å²) >= 11 is 1.60. The van der Waals surface area contributed by atoms with Gasteiger partial charge in [0.25, 0.3) is 0 Å². The van der Waals surface area contributed by atoms with Gasteiger partial charge in [-0.25, -0.2) is 4.98 Å². The molecule has 0 radical (unpaired) electrons. The number of nitriles is 1. The summed E-state index contributed by atoms with van der Waals surface area (Å²) in [6.07, 6.45) is 3.47. The van der Waals surface area contributed by atoms with Gasteiger partial charge in [-0.15, -0.1) is 16.4 Å². The van der Waals surface area contributed by atoms with Crippen molar-refractivity contribution >= 4 is 17.2 Å². The Balaban J connectivity index is 1.17. The molecule has 2 aliphatic rings. The largest absolute Gasteiger partial charge is 0.370 e. The molecule has 0 spiro atoms. The summed E-state index contributed by atoms with van der Waals surface area (Å²) in [5.74, 6) is 0.702. The van der Waals surface area contributed by atoms with Gasteiger partial charge < -0.3 is 9.64 Å². The van der Waals surface area contributed by atoms with Crippen molar-refractivity contribution in [3.63, 3.8) is 0 Å². The fourth-order valence-corrected chi connectivity index (χ4v) is 5.29. The fraction of sp³-hybridized carbons (Fsp3) is 0.429. The summed E-state index contributed by atoms with van der Waals surface area (Å²) in [5.41, 5.74) is 2.61. The van der Waals surface area contributed by atoms with Gasteiger partial charge in [-0.1, -0.05) is 6.07 Å². The minimum atomic E-state index is -0.00891. The fourth-order valence-electron chi connectivity index (χ4n) is 4.24. The predicted molar refractivity (Wildman–Crippen MR) is 115 cm³/mol. The number of rotatable bonds is 4. The average molecular weight is 451 g/mol. The van der Waals surface area contributed by atoms with E-state index in [1.54, 1.807) is 23.6 Å². The number of aromatic nitrogens is 5. The van der Waals surface area contributed by atoms with Gasteiger partial charge in [0.2, 0.25) is 5.91 Å². The van der Waals surface area contributed by atoms with Crippen molar-refractivity contribution < 1.29 is 9.53 Å². The number of nitrogens with zero attached hydrogens (tertiary/aromatic N) is 8. The van der Waals surface area contributed by atoms with Crippen molar-refractivity contribution in [2.45, 2.75) is 25.5 Å². The van der Waals surface area contributed by atoms with Crippen LogP contribution < -0.4 is 0 Å². The number of carbonyl (C=O) groups excluding carboxylic acids is 1. The van der Waals surface area contributed by atoms with E-state index >= 15 is 0 Å². The molecule has 3 aromatic heterocycles. The molecule has 2 aliphatic heterocycles. The second-order valence-electron chi connectivity index (χ2n) is 8.02. The number of thiophene rings is 1. The zero-order chi connectivity index (χ0) is 22.1. The van der Waals surface area contributed by atoms with Gasteiger partial charge >= 0.3 is 0 Å². The predicted octanol–water partition coefficient (Wildman–Crippen LogP) is 1.13. The zero-order valence-electron chi connectivity index (χ0n) is 17.6. The van der Waals surface area contributed by atoms with Gasteiger partial charge in [0, 0.05) is 42.6 Å². The van der Waals surface area contributed by atoms with E-state index in [0.717, 1.165) is 34.7 Å². The van der Waals surface area contributed by atoms with E-state index in [0.29, 0.717) is 31.9 Å². The van der Waals surface area contributed by atoms with Gasteiger partial charge in [-0.05, 0) is 34.5 Å². The molecule has 0 N–H and O–H groups in total. The molecule has 164 valence electrons. The van der Waals surface area contributed by atoms with Crippen molar-refractivity contribution in [3.8, 4) is 11.9 Å². The number of amides is 1. The number of hydrogen-bond donors (Lipinski definition) is 0. The summed E-state index contributed by atoms with van der Waals surface area (Å²) in [6.45, 7) is 5.54. The standard InChI is InChI=1S/C21H22N8O2S/c1-14-16(7-22)12-32-21(14)18-10-27-4-5-28(9-17(27)11-31-18)20(30)6-15-2-3-19(23-8-15)29-13-24-25-26-29/h2-3,8,12-13,17-18H,4-6,9-11H2,1H3/t17-,18+/m0/s1. The van der Waals surface area contributed by atoms with Crippen LogP contribution in [0.15, 0.2) is 30.0 Å². The van der Waals surface area contributed by atoms with Crippen molar-refractivity contribution in [3.05, 3.63) is 51.6 Å². The van der Waals surface area contributed by atoms with Crippen molar-refractivity contribution in [2.75, 3.05) is 32.8 Å². The first kappa shape index (κ1) is 20.7. The number of fused-ring (bicyclic) bond motifs is 1. The molecule has 10 nitrogen and oxygen atoms in total. The Morgan fingerprint density at radius 1 is 1.34 bits per heavy atom. The first-order valence-corrected chi connectivity index (χ1v) is 11.3. The van der Waals surface area contributed by atoms with E-state index in [2.05, 4.69) is 31.5 Å². The summed E-state index contributed by atoms with van der Waals surface area (Å²) in [5, 5.41) is 22.1. The maximum absolute atomic E-state index is 12.9. The van der Waals surface area contributed by atoms with Crippen LogP contribution >= 0.6 is 11.3 Å². The van der Waals surface area contributed by atoms with E-state index in [-0.39, 0.29) is 18.1 Å². The van der Waals surface area contributed by atoms with E-state index in [9.17, 15) is 10.1 Å². The minimum absolute atomic E-state index is 0.00891. The number of piperazine rings is 1. The zero-order valence-corrected chi connectivity index (χ0v) is 18.4. The van der Waals surface area contributed by atoms with Crippen LogP contribution in [0.5, 0.6) is 0 Å². The second-order valence-corrected chi connectivity index (χ2v) is 8.93. The SMILES string of the molecule is Cc1c(C#N)csc1[C@H]1CN2CCN(C(=O)Cc3ccc(-n4cnnn4)nc3)C[C@H]2CO1. The molecule has 0 aliphatic carbocycles. The van der Waals surface area contributed by atoms with Crippen molar-refractivity contribution in [1.29, 1.82) is 5.26 Å². The minimum Gasteiger partial charge on any atom is -0.370 e. The molecule has 32 heavy (non-hydrogen) atoms. The molecule has 1 amide bonds. The van der Waals surface area contributed by atoms with Gasteiger partial charge in [-0.2, -0.15) is 9.94 Å². The smallest absolute Gasteiger partial charge is 0.227 e. The van der Waals surface area contributed by atoms with Crippen molar-refractivity contribution in [2.24, 2.45) is 0 Å². The van der Waals surface area contributed by atoms with Crippen LogP contribution in [-0.2, 0) is 16.0 Å². The molecule has 0 aromatic carbocycles. The van der Waals surface area contributed by atoms with E-state index in [1.807, 2.05) is 23.3 Å². The normalized spacial score (nSPS) is 21.2. The van der Waals surface area contributed by atoms with Gasteiger partial charge in [0.15, 0.2) is 5.82 Å². The number of tetrazole rings is 1. The number of carbonyl (C=O) groups is 1. The third kappa shape index (κ3) is 4.00. The summed E-state index contributed by atoms with van der Waals surface area (Å²) in [4.78, 5) is 22.7. The van der Waals surface area contributed by atoms with Crippen LogP contribution in [0.3, 0.4) is 0 Å². The number of hydrogen-bond acceptors (Lipinski definition) is 9. The number of morpholine rings is 1. The highest BCUT2D eigenvalue weighted by atomic mass is 32.1. The molecule has 0 unspecified atom stereocenters. The Kier molecular flexibility index (Phi) is 5.65. The molecular formula is C21H22N8O2S. The Morgan fingerprint density at radius 3 is 2.97 bits per heavy atom. The van der Waals surface area contributed by atoms with Crippen LogP contribution in [-0.4, -0.2) is 79.7 Å². The molecule has 5 rings (SSSR count). The van der Waals surface area contributed by atoms with Gasteiger partial charge in [0.05, 0.1) is 24.6 Å². The lowest BCUT2D eigenvalue weighted by Crippen LogP contribution is -2.59. The van der Waals surface area contributed by atoms with E-state index in [4.69, 9.17) is 4.74 Å². The lowest BCUT2D eigenvalue weighted by molar-refractivity contribution is -0.139. The van der Waals surface area contributed by atoms with E-state index < -0.39 is 0 Å². The third-order valence-electron chi connectivity index (χ3n) is 6.09. The molecule has 0 saturated carbocycles. The summed E-state index contributed by atoms with van der Waals surface area (Å²) < 4.78 is 7.63. The van der Waals surface area contributed by atoms with Crippen LogP contribution in [0.2, 0.25) is 0 Å². The summed E-state index contributed by atoms with van der Waals surface area (Å²) in [7, 11) is 0. The van der Waals surface area contributed by atoms with Crippen molar-refractivity contribution in [1.82, 2.24) is 35.0 Å². The Bertz CT molecular complexity index is 1140. The molecule has 2 atom stereocenters. The average Bonchev–Trinajstić information content (AvgIpc) is 3.49. The lowest BCUT2D eigenvalue weighted by atomic mass is 10.0. The molecule has 2 fully saturated rings. The van der Waals surface area contributed by atoms with Crippen LogP contribution in [0.25, 0.3) is 5.82 Å². The molecule has 3 aromatic rings. The van der Waals surface area contributed by atoms with E-state index in [1.165, 1.54) is 11.0 Å². The highest BCUT2D eigenvalue weighted by molar-refractivity contribution is 7.10. The van der Waals surface area contributed by atoms with Crippen LogP contribution in [0.4, 0.5) is 0 Å². The second kappa shape index (κ2) is 8.74. The molecule has 11 heteroatoms. The van der Waals surface area contributed by atoms with Gasteiger partial charge in [-0.3, -0.25) is 9.69 Å². The lowest BCUT2D eigenvalue weighted by Gasteiger charge is -2.46. The first-order chi connectivity index (χ1) is 15.6. The van der Waals surface area contributed by atoms with Crippen LogP contribution in [0.1, 0.15) is 27.7 Å². The molecule has 0 bridgehead atoms. The quantitative estimate of drug-likeness (QED) is 0.581. The third-order valence-corrected chi connectivity index (χ3v) is 7.26. The van der Waals surface area contributed by atoms with Gasteiger partial charge in [0.1, 0.15) is 18.5 Å². The Hall–Kier alpha value is -3.20. The monoisotopic (exact) mass is 450 g/mol. The first-order valence-electron chi connectivity index (χ1n) is 10.4. The van der Waals surface area contributed by atoms with Crippen LogP contribution in [0, 0.1) is 18.3 Å². The maximum atomic E-state index is 12.9. The number of pyridine rings is 1. The summed E-state index contributed by atoms with van der Waals surface area (Å²) in [6, 6.07) is 6.12. The topological polar surface area (TPSA) is 113 Å². The maximum Gasteiger partial charge on any atom is 0.227 e. The number of ether oxygens (including phenoxy) is 1. The molecule has 5 heterocycles. The molecule has 2 saturated heterocycles. The highest BCUT2D eigenvalue weighted by Gasteiger charge is 2.36. The Labute approximate surface area is 189 Å². The molecular weight excluding hydrogens is 428 g/mol.